The first kappa shape index (κ1) is 17.3. The second-order valence-corrected chi connectivity index (χ2v) is 7.14. The van der Waals surface area contributed by atoms with Crippen LogP contribution in [0.5, 0.6) is 0 Å². The summed E-state index contributed by atoms with van der Waals surface area (Å²) in [4.78, 5) is 29.5. The molecule has 1 aromatic heterocycles. The summed E-state index contributed by atoms with van der Waals surface area (Å²) in [5.74, 6) is -1.09. The van der Waals surface area contributed by atoms with Crippen LogP contribution in [-0.2, 0) is 22.4 Å². The van der Waals surface area contributed by atoms with Crippen molar-refractivity contribution in [3.63, 3.8) is 0 Å². The van der Waals surface area contributed by atoms with Gasteiger partial charge in [-0.3, -0.25) is 4.79 Å². The zero-order valence-corrected chi connectivity index (χ0v) is 15.2. The number of carbonyl (C=O) groups is 2. The highest BCUT2D eigenvalue weighted by Gasteiger charge is 2.35. The maximum atomic E-state index is 12.9. The molecule has 1 atom stereocenters. The number of aromatic nitrogens is 1. The summed E-state index contributed by atoms with van der Waals surface area (Å²) in [5, 5.41) is 10.9. The monoisotopic (exact) mass is 362 g/mol. The number of H-pyrrole nitrogens is 1. The third kappa shape index (κ3) is 3.21. The van der Waals surface area contributed by atoms with Crippen molar-refractivity contribution in [3.05, 3.63) is 70.9 Å². The van der Waals surface area contributed by atoms with E-state index in [1.54, 1.807) is 0 Å². The van der Waals surface area contributed by atoms with Crippen LogP contribution in [0.25, 0.3) is 10.9 Å². The number of hydrogen-bond acceptors (Lipinski definition) is 2. The summed E-state index contributed by atoms with van der Waals surface area (Å²) < 4.78 is 0. The molecular formula is C22H22N2O3. The summed E-state index contributed by atoms with van der Waals surface area (Å²) in [6, 6.07) is 12.8. The summed E-state index contributed by atoms with van der Waals surface area (Å²) in [7, 11) is 0. The minimum atomic E-state index is -0.974. The molecule has 0 saturated heterocycles. The van der Waals surface area contributed by atoms with Crippen LogP contribution in [0.2, 0.25) is 0 Å². The van der Waals surface area contributed by atoms with Gasteiger partial charge in [-0.15, -0.1) is 0 Å². The molecule has 0 bridgehead atoms. The smallest absolute Gasteiger partial charge is 0.331 e. The zero-order chi connectivity index (χ0) is 19.0. The molecule has 0 unspecified atom stereocenters. The lowest BCUT2D eigenvalue weighted by atomic mass is 9.92. The maximum Gasteiger partial charge on any atom is 0.331 e. The molecule has 0 aliphatic carbocycles. The average molecular weight is 362 g/mol. The number of fused-ring (bicyclic) bond motifs is 2. The Balaban J connectivity index is 1.54. The highest BCUT2D eigenvalue weighted by molar-refractivity contribution is 5.87. The van der Waals surface area contributed by atoms with Gasteiger partial charge in [-0.05, 0) is 48.6 Å². The van der Waals surface area contributed by atoms with E-state index in [1.807, 2.05) is 43.5 Å². The number of carboxylic acids is 1. The van der Waals surface area contributed by atoms with E-state index in [9.17, 15) is 14.7 Å². The van der Waals surface area contributed by atoms with Gasteiger partial charge in [-0.1, -0.05) is 35.9 Å². The number of nitrogens with one attached hydrogen (secondary N) is 1. The van der Waals surface area contributed by atoms with Gasteiger partial charge < -0.3 is 15.0 Å². The van der Waals surface area contributed by atoms with E-state index in [1.165, 1.54) is 10.5 Å². The topological polar surface area (TPSA) is 73.4 Å². The SMILES string of the molecule is Cc1ccc2[nH]cc(CCC(=O)N3CCc4ccccc4[C@H]3C(=O)O)c2c1. The predicted molar refractivity (Wildman–Crippen MR) is 104 cm³/mol. The number of carbonyl (C=O) groups excluding carboxylic acids is 1. The van der Waals surface area contributed by atoms with Crippen LogP contribution in [0.3, 0.4) is 0 Å². The average Bonchev–Trinajstić information content (AvgIpc) is 3.07. The van der Waals surface area contributed by atoms with Crippen LogP contribution in [0.1, 0.15) is 34.7 Å². The van der Waals surface area contributed by atoms with Crippen molar-refractivity contribution >= 4 is 22.8 Å². The van der Waals surface area contributed by atoms with Crippen LogP contribution in [0.15, 0.2) is 48.7 Å². The molecule has 1 aliphatic heterocycles. The lowest BCUT2D eigenvalue weighted by Crippen LogP contribution is -2.43. The molecule has 5 heteroatoms. The first-order valence-electron chi connectivity index (χ1n) is 9.21. The molecule has 0 fully saturated rings. The van der Waals surface area contributed by atoms with E-state index in [-0.39, 0.29) is 5.91 Å². The van der Waals surface area contributed by atoms with Gasteiger partial charge in [-0.2, -0.15) is 0 Å². The van der Waals surface area contributed by atoms with Crippen molar-refractivity contribution in [1.29, 1.82) is 0 Å². The van der Waals surface area contributed by atoms with Gasteiger partial charge in [0.05, 0.1) is 0 Å². The van der Waals surface area contributed by atoms with E-state index in [0.717, 1.165) is 27.6 Å². The standard InChI is InChI=1S/C22H22N2O3/c1-14-6-8-19-18(12-14)16(13-23-19)7-9-20(25)24-11-10-15-4-2-3-5-17(15)21(24)22(26)27/h2-6,8,12-13,21,23H,7,9-11H2,1H3,(H,26,27)/t21-/m0/s1. The van der Waals surface area contributed by atoms with Crippen LogP contribution >= 0.6 is 0 Å². The molecule has 1 amide bonds. The molecule has 0 radical (unpaired) electrons. The third-order valence-corrected chi connectivity index (χ3v) is 5.37. The number of aliphatic carboxylic acids is 1. The molecule has 2 N–H and O–H groups in total. The Kier molecular flexibility index (Phi) is 4.44. The van der Waals surface area contributed by atoms with E-state index < -0.39 is 12.0 Å². The van der Waals surface area contributed by atoms with Gasteiger partial charge in [0.1, 0.15) is 0 Å². The van der Waals surface area contributed by atoms with Gasteiger partial charge >= 0.3 is 5.97 Å². The van der Waals surface area contributed by atoms with Gasteiger partial charge in [0, 0.05) is 30.1 Å². The molecule has 5 nitrogen and oxygen atoms in total. The second-order valence-electron chi connectivity index (χ2n) is 7.14. The largest absolute Gasteiger partial charge is 0.479 e. The molecule has 138 valence electrons. The van der Waals surface area contributed by atoms with Crippen molar-refractivity contribution in [2.45, 2.75) is 32.2 Å². The fraction of sp³-hybridized carbons (Fsp3) is 0.273. The molecule has 2 aromatic carbocycles. The summed E-state index contributed by atoms with van der Waals surface area (Å²) in [6.07, 6.45) is 3.52. The Morgan fingerprint density at radius 1 is 1.22 bits per heavy atom. The predicted octanol–water partition coefficient (Wildman–Crippen LogP) is 3.62. The van der Waals surface area contributed by atoms with Gasteiger partial charge in [-0.25, -0.2) is 4.79 Å². The van der Waals surface area contributed by atoms with Gasteiger partial charge in [0.15, 0.2) is 6.04 Å². The van der Waals surface area contributed by atoms with Crippen LogP contribution < -0.4 is 0 Å². The van der Waals surface area contributed by atoms with Gasteiger partial charge in [0.2, 0.25) is 5.91 Å². The molecule has 2 heterocycles. The second kappa shape index (κ2) is 6.91. The van der Waals surface area contributed by atoms with E-state index in [0.29, 0.717) is 25.8 Å². The summed E-state index contributed by atoms with van der Waals surface area (Å²) >= 11 is 0. The Morgan fingerprint density at radius 3 is 2.85 bits per heavy atom. The van der Waals surface area contributed by atoms with E-state index in [4.69, 9.17) is 0 Å². The maximum absolute atomic E-state index is 12.9. The van der Waals surface area contributed by atoms with Crippen LogP contribution in [0, 0.1) is 6.92 Å². The quantitative estimate of drug-likeness (QED) is 0.744. The molecule has 1 aliphatic rings. The Morgan fingerprint density at radius 2 is 2.04 bits per heavy atom. The highest BCUT2D eigenvalue weighted by atomic mass is 16.4. The molecule has 0 saturated carbocycles. The number of hydrogen-bond donors (Lipinski definition) is 2. The molecular weight excluding hydrogens is 340 g/mol. The Bertz CT molecular complexity index is 1020. The molecule has 0 spiro atoms. The first-order valence-corrected chi connectivity index (χ1v) is 9.21. The fourth-order valence-electron chi connectivity index (χ4n) is 3.99. The Labute approximate surface area is 157 Å². The Hall–Kier alpha value is -3.08. The minimum absolute atomic E-state index is 0.112. The fourth-order valence-corrected chi connectivity index (χ4v) is 3.99. The van der Waals surface area contributed by atoms with Crippen molar-refractivity contribution in [2.24, 2.45) is 0 Å². The summed E-state index contributed by atoms with van der Waals surface area (Å²) in [5.41, 5.74) is 5.06. The lowest BCUT2D eigenvalue weighted by Gasteiger charge is -2.34. The highest BCUT2D eigenvalue weighted by Crippen LogP contribution is 2.31. The molecule has 4 rings (SSSR count). The number of carboxylic acid groups (broad SMARTS) is 1. The van der Waals surface area contributed by atoms with Crippen molar-refractivity contribution in [3.8, 4) is 0 Å². The van der Waals surface area contributed by atoms with Crippen LogP contribution in [-0.4, -0.2) is 33.4 Å². The van der Waals surface area contributed by atoms with Crippen molar-refractivity contribution in [1.82, 2.24) is 9.88 Å². The van der Waals surface area contributed by atoms with E-state index >= 15 is 0 Å². The van der Waals surface area contributed by atoms with Crippen LogP contribution in [0.4, 0.5) is 0 Å². The zero-order valence-electron chi connectivity index (χ0n) is 15.2. The number of nitrogens with zero attached hydrogens (tertiary/aromatic N) is 1. The number of rotatable bonds is 4. The number of benzene rings is 2. The minimum Gasteiger partial charge on any atom is -0.479 e. The number of amides is 1. The first-order chi connectivity index (χ1) is 13.0. The normalized spacial score (nSPS) is 16.3. The van der Waals surface area contributed by atoms with Gasteiger partial charge in [0.25, 0.3) is 0 Å². The molecule has 3 aromatic rings. The third-order valence-electron chi connectivity index (χ3n) is 5.37. The lowest BCUT2D eigenvalue weighted by molar-refractivity contribution is -0.151. The number of aryl methyl sites for hydroxylation is 2. The molecule has 27 heavy (non-hydrogen) atoms. The van der Waals surface area contributed by atoms with Crippen molar-refractivity contribution in [2.75, 3.05) is 6.54 Å². The van der Waals surface area contributed by atoms with Crippen molar-refractivity contribution < 1.29 is 14.7 Å². The summed E-state index contributed by atoms with van der Waals surface area (Å²) in [6.45, 7) is 2.49. The number of aromatic amines is 1. The van der Waals surface area contributed by atoms with E-state index in [2.05, 4.69) is 17.1 Å².